The van der Waals surface area contributed by atoms with Gasteiger partial charge in [-0.15, -0.1) is 0 Å². The SMILES string of the molecule is Clc1cncc(C2=C[C@H]3NCCC[C@H]3CC2)c1. The second-order valence-electron chi connectivity index (χ2n) is 5.00. The van der Waals surface area contributed by atoms with Crippen LogP contribution in [0.2, 0.25) is 5.02 Å². The smallest absolute Gasteiger partial charge is 0.0595 e. The first kappa shape index (κ1) is 11.2. The van der Waals surface area contributed by atoms with Gasteiger partial charge in [-0.2, -0.15) is 0 Å². The molecule has 0 spiro atoms. The van der Waals surface area contributed by atoms with Crippen LogP contribution in [0.1, 0.15) is 31.2 Å². The number of rotatable bonds is 1. The van der Waals surface area contributed by atoms with Gasteiger partial charge in [0.05, 0.1) is 5.02 Å². The second kappa shape index (κ2) is 4.79. The molecule has 90 valence electrons. The van der Waals surface area contributed by atoms with Crippen LogP contribution in [0.4, 0.5) is 0 Å². The van der Waals surface area contributed by atoms with Gasteiger partial charge < -0.3 is 5.32 Å². The third-order valence-corrected chi connectivity index (χ3v) is 4.09. The molecule has 0 aromatic carbocycles. The van der Waals surface area contributed by atoms with Gasteiger partial charge in [-0.25, -0.2) is 0 Å². The zero-order valence-corrected chi connectivity index (χ0v) is 10.6. The standard InChI is InChI=1S/C14H17ClN2/c15-13-6-12(8-16-9-13)11-4-3-10-2-1-5-17-14(10)7-11/h6-10,14,17H,1-5H2/t10-,14+/m0/s1. The Hall–Kier alpha value is -0.860. The molecule has 1 saturated heterocycles. The molecule has 1 aliphatic heterocycles. The van der Waals surface area contributed by atoms with E-state index in [-0.39, 0.29) is 0 Å². The Morgan fingerprint density at radius 2 is 2.24 bits per heavy atom. The highest BCUT2D eigenvalue weighted by molar-refractivity contribution is 6.30. The minimum Gasteiger partial charge on any atom is -0.310 e. The Kier molecular flexibility index (Phi) is 3.17. The number of aromatic nitrogens is 1. The van der Waals surface area contributed by atoms with Crippen LogP contribution < -0.4 is 5.32 Å². The molecule has 3 rings (SSSR count). The van der Waals surface area contributed by atoms with Gasteiger partial charge in [0, 0.05) is 18.4 Å². The monoisotopic (exact) mass is 248 g/mol. The summed E-state index contributed by atoms with van der Waals surface area (Å²) in [6, 6.07) is 2.58. The van der Waals surface area contributed by atoms with Crippen LogP contribution in [0, 0.1) is 5.92 Å². The highest BCUT2D eigenvalue weighted by Gasteiger charge is 2.27. The highest BCUT2D eigenvalue weighted by Crippen LogP contribution is 2.34. The van der Waals surface area contributed by atoms with Crippen molar-refractivity contribution in [1.29, 1.82) is 0 Å². The average molecular weight is 249 g/mol. The van der Waals surface area contributed by atoms with Gasteiger partial charge >= 0.3 is 0 Å². The molecule has 0 saturated carbocycles. The maximum absolute atomic E-state index is 6.00. The molecule has 0 bridgehead atoms. The fraction of sp³-hybridized carbons (Fsp3) is 0.500. The summed E-state index contributed by atoms with van der Waals surface area (Å²) in [6.07, 6.45) is 11.1. The first-order valence-electron chi connectivity index (χ1n) is 6.38. The molecule has 1 fully saturated rings. The number of hydrogen-bond acceptors (Lipinski definition) is 2. The third kappa shape index (κ3) is 2.38. The van der Waals surface area contributed by atoms with E-state index in [1.54, 1.807) is 6.20 Å². The molecule has 1 N–H and O–H groups in total. The Morgan fingerprint density at radius 1 is 1.29 bits per heavy atom. The predicted molar refractivity (Wildman–Crippen MR) is 71.0 cm³/mol. The largest absolute Gasteiger partial charge is 0.310 e. The fourth-order valence-electron chi connectivity index (χ4n) is 2.97. The van der Waals surface area contributed by atoms with Crippen LogP contribution in [-0.4, -0.2) is 17.6 Å². The van der Waals surface area contributed by atoms with Crippen molar-refractivity contribution in [3.63, 3.8) is 0 Å². The normalized spacial score (nSPS) is 28.4. The van der Waals surface area contributed by atoms with E-state index in [1.165, 1.54) is 30.4 Å². The van der Waals surface area contributed by atoms with E-state index in [0.717, 1.165) is 23.9 Å². The van der Waals surface area contributed by atoms with Crippen molar-refractivity contribution >= 4 is 17.2 Å². The maximum Gasteiger partial charge on any atom is 0.0595 e. The van der Waals surface area contributed by atoms with Crippen molar-refractivity contribution in [2.75, 3.05) is 6.54 Å². The Balaban J connectivity index is 1.86. The zero-order valence-electron chi connectivity index (χ0n) is 9.82. The third-order valence-electron chi connectivity index (χ3n) is 3.88. The van der Waals surface area contributed by atoms with E-state index in [2.05, 4.69) is 16.4 Å². The molecule has 0 radical (unpaired) electrons. The lowest BCUT2D eigenvalue weighted by molar-refractivity contribution is 0.298. The highest BCUT2D eigenvalue weighted by atomic mass is 35.5. The van der Waals surface area contributed by atoms with Crippen LogP contribution >= 0.6 is 11.6 Å². The van der Waals surface area contributed by atoms with E-state index in [1.807, 2.05) is 12.3 Å². The molecular weight excluding hydrogens is 232 g/mol. The summed E-state index contributed by atoms with van der Waals surface area (Å²) < 4.78 is 0. The molecular formula is C14H17ClN2. The number of allylic oxidation sites excluding steroid dienone is 1. The molecule has 1 aliphatic carbocycles. The quantitative estimate of drug-likeness (QED) is 0.825. The van der Waals surface area contributed by atoms with E-state index in [4.69, 9.17) is 11.6 Å². The Labute approximate surface area is 107 Å². The molecule has 2 atom stereocenters. The lowest BCUT2D eigenvalue weighted by atomic mass is 9.79. The summed E-state index contributed by atoms with van der Waals surface area (Å²) >= 11 is 6.00. The number of nitrogens with one attached hydrogen (secondary N) is 1. The summed E-state index contributed by atoms with van der Waals surface area (Å²) in [7, 11) is 0. The minimum absolute atomic E-state index is 0.562. The van der Waals surface area contributed by atoms with Crippen LogP contribution in [0.5, 0.6) is 0 Å². The summed E-state index contributed by atoms with van der Waals surface area (Å²) in [4.78, 5) is 4.17. The molecule has 17 heavy (non-hydrogen) atoms. The van der Waals surface area contributed by atoms with Gasteiger partial charge in [0.2, 0.25) is 0 Å². The van der Waals surface area contributed by atoms with Gasteiger partial charge in [-0.05, 0) is 55.3 Å². The molecule has 0 unspecified atom stereocenters. The number of halogens is 1. The first-order chi connectivity index (χ1) is 8.33. The van der Waals surface area contributed by atoms with Crippen molar-refractivity contribution in [3.05, 3.63) is 35.1 Å². The van der Waals surface area contributed by atoms with E-state index in [9.17, 15) is 0 Å². The van der Waals surface area contributed by atoms with Crippen molar-refractivity contribution < 1.29 is 0 Å². The summed E-state index contributed by atoms with van der Waals surface area (Å²) in [5.41, 5.74) is 2.58. The topological polar surface area (TPSA) is 24.9 Å². The molecule has 3 heteroatoms. The van der Waals surface area contributed by atoms with Crippen molar-refractivity contribution in [2.45, 2.75) is 31.7 Å². The van der Waals surface area contributed by atoms with E-state index >= 15 is 0 Å². The number of pyridine rings is 1. The van der Waals surface area contributed by atoms with Gasteiger partial charge in [-0.3, -0.25) is 4.98 Å². The van der Waals surface area contributed by atoms with Crippen LogP contribution in [0.15, 0.2) is 24.5 Å². The fourth-order valence-corrected chi connectivity index (χ4v) is 3.14. The van der Waals surface area contributed by atoms with Gasteiger partial charge in [0.15, 0.2) is 0 Å². The van der Waals surface area contributed by atoms with Crippen molar-refractivity contribution in [3.8, 4) is 0 Å². The predicted octanol–water partition coefficient (Wildman–Crippen LogP) is 3.28. The molecule has 2 aliphatic rings. The minimum atomic E-state index is 0.562. The van der Waals surface area contributed by atoms with Crippen LogP contribution in [-0.2, 0) is 0 Å². The molecule has 2 heterocycles. The van der Waals surface area contributed by atoms with Gasteiger partial charge in [-0.1, -0.05) is 17.7 Å². The molecule has 0 amide bonds. The van der Waals surface area contributed by atoms with E-state index < -0.39 is 0 Å². The van der Waals surface area contributed by atoms with Gasteiger partial charge in [0.25, 0.3) is 0 Å². The van der Waals surface area contributed by atoms with Crippen molar-refractivity contribution in [1.82, 2.24) is 10.3 Å². The molecule has 1 aromatic heterocycles. The maximum atomic E-state index is 6.00. The van der Waals surface area contributed by atoms with E-state index in [0.29, 0.717) is 6.04 Å². The number of nitrogens with zero attached hydrogens (tertiary/aromatic N) is 1. The lowest BCUT2D eigenvalue weighted by Crippen LogP contribution is -2.41. The summed E-state index contributed by atoms with van der Waals surface area (Å²) in [5, 5.41) is 4.33. The first-order valence-corrected chi connectivity index (χ1v) is 6.76. The van der Waals surface area contributed by atoms with Crippen molar-refractivity contribution in [2.24, 2.45) is 5.92 Å². The summed E-state index contributed by atoms with van der Waals surface area (Å²) in [5.74, 6) is 0.833. The number of hydrogen-bond donors (Lipinski definition) is 1. The number of fused-ring (bicyclic) bond motifs is 1. The number of piperidine rings is 1. The van der Waals surface area contributed by atoms with Gasteiger partial charge in [0.1, 0.15) is 0 Å². The zero-order chi connectivity index (χ0) is 11.7. The molecule has 2 nitrogen and oxygen atoms in total. The summed E-state index contributed by atoms with van der Waals surface area (Å²) in [6.45, 7) is 1.15. The Morgan fingerprint density at radius 3 is 3.12 bits per heavy atom. The van der Waals surface area contributed by atoms with Crippen LogP contribution in [0.3, 0.4) is 0 Å². The average Bonchev–Trinajstić information content (AvgIpc) is 2.38. The molecule has 1 aromatic rings. The second-order valence-corrected chi connectivity index (χ2v) is 5.44. The lowest BCUT2D eigenvalue weighted by Gasteiger charge is -2.35. The van der Waals surface area contributed by atoms with Crippen LogP contribution in [0.25, 0.3) is 5.57 Å². The Bertz CT molecular complexity index is 442.